The summed E-state index contributed by atoms with van der Waals surface area (Å²) in [7, 11) is 0. The molecule has 1 fully saturated rings. The van der Waals surface area contributed by atoms with E-state index in [0.717, 1.165) is 17.5 Å². The van der Waals surface area contributed by atoms with E-state index in [0.29, 0.717) is 18.2 Å². The molecule has 112 valence electrons. The molecule has 1 aromatic heterocycles. The molecule has 1 saturated heterocycles. The number of rotatable bonds is 5. The van der Waals surface area contributed by atoms with Gasteiger partial charge >= 0.3 is 0 Å². The third-order valence-electron chi connectivity index (χ3n) is 4.03. The van der Waals surface area contributed by atoms with Crippen LogP contribution in [0.15, 0.2) is 34.7 Å². The molecule has 0 aliphatic carbocycles. The first-order valence-corrected chi connectivity index (χ1v) is 7.71. The molecule has 4 nitrogen and oxygen atoms in total. The van der Waals surface area contributed by atoms with Gasteiger partial charge in [0.25, 0.3) is 5.91 Å². The van der Waals surface area contributed by atoms with Gasteiger partial charge in [-0.2, -0.15) is 0 Å². The fraction of sp³-hybridized carbons (Fsp3) is 0.471. The first-order valence-electron chi connectivity index (χ1n) is 7.71. The molecule has 1 aliphatic heterocycles. The van der Waals surface area contributed by atoms with Crippen molar-refractivity contribution < 1.29 is 9.21 Å². The number of hydrogen-bond acceptors (Lipinski definition) is 3. The van der Waals surface area contributed by atoms with Crippen molar-refractivity contribution in [3.63, 3.8) is 0 Å². The Morgan fingerprint density at radius 3 is 2.86 bits per heavy atom. The van der Waals surface area contributed by atoms with Crippen molar-refractivity contribution in [3.8, 4) is 0 Å². The van der Waals surface area contributed by atoms with Gasteiger partial charge in [0.1, 0.15) is 5.58 Å². The van der Waals surface area contributed by atoms with Crippen LogP contribution in [0.2, 0.25) is 0 Å². The molecular weight excluding hydrogens is 264 g/mol. The Hall–Kier alpha value is -1.81. The molecule has 2 aromatic rings. The van der Waals surface area contributed by atoms with Crippen LogP contribution in [0.1, 0.15) is 30.3 Å². The number of fused-ring (bicyclic) bond motifs is 1. The number of amides is 1. The van der Waals surface area contributed by atoms with E-state index in [9.17, 15) is 4.79 Å². The van der Waals surface area contributed by atoms with Crippen molar-refractivity contribution in [2.24, 2.45) is 5.92 Å². The lowest BCUT2D eigenvalue weighted by Crippen LogP contribution is -2.34. The maximum atomic E-state index is 12.1. The standard InChI is InChI=1S/C17H22N2O2/c1-13(12-19-8-4-5-9-19)11-18-17(20)16-10-14-6-2-3-7-15(14)21-16/h2-3,6-7,10,13H,4-5,8-9,11-12H2,1H3,(H,18,20). The second kappa shape index (κ2) is 6.31. The van der Waals surface area contributed by atoms with Crippen LogP contribution in [-0.2, 0) is 0 Å². The molecule has 1 N–H and O–H groups in total. The minimum Gasteiger partial charge on any atom is -0.451 e. The number of likely N-dealkylation sites (tertiary alicyclic amines) is 1. The van der Waals surface area contributed by atoms with Crippen molar-refractivity contribution in [2.45, 2.75) is 19.8 Å². The van der Waals surface area contributed by atoms with E-state index in [1.54, 1.807) is 6.07 Å². The van der Waals surface area contributed by atoms with Crippen molar-refractivity contribution in [3.05, 3.63) is 36.1 Å². The van der Waals surface area contributed by atoms with Crippen LogP contribution in [0.25, 0.3) is 11.0 Å². The molecule has 0 radical (unpaired) electrons. The summed E-state index contributed by atoms with van der Waals surface area (Å²) < 4.78 is 5.57. The van der Waals surface area contributed by atoms with Gasteiger partial charge in [0.2, 0.25) is 0 Å². The van der Waals surface area contributed by atoms with Crippen LogP contribution in [-0.4, -0.2) is 37.0 Å². The van der Waals surface area contributed by atoms with Crippen LogP contribution in [0.4, 0.5) is 0 Å². The lowest BCUT2D eigenvalue weighted by atomic mass is 10.1. The molecule has 4 heteroatoms. The van der Waals surface area contributed by atoms with Gasteiger partial charge in [0.05, 0.1) is 0 Å². The predicted octanol–water partition coefficient (Wildman–Crippen LogP) is 2.89. The zero-order valence-corrected chi connectivity index (χ0v) is 12.5. The lowest BCUT2D eigenvalue weighted by molar-refractivity contribution is 0.0919. The monoisotopic (exact) mass is 286 g/mol. The number of benzene rings is 1. The maximum absolute atomic E-state index is 12.1. The normalized spacial score (nSPS) is 17.2. The zero-order valence-electron chi connectivity index (χ0n) is 12.5. The molecule has 1 amide bonds. The summed E-state index contributed by atoms with van der Waals surface area (Å²) in [6, 6.07) is 9.48. The van der Waals surface area contributed by atoms with Crippen LogP contribution in [0, 0.1) is 5.92 Å². The van der Waals surface area contributed by atoms with Gasteiger partial charge < -0.3 is 14.6 Å². The number of furan rings is 1. The van der Waals surface area contributed by atoms with E-state index in [2.05, 4.69) is 17.1 Å². The van der Waals surface area contributed by atoms with Gasteiger partial charge in [-0.25, -0.2) is 0 Å². The number of hydrogen-bond donors (Lipinski definition) is 1. The zero-order chi connectivity index (χ0) is 14.7. The minimum atomic E-state index is -0.125. The Morgan fingerprint density at radius 2 is 2.10 bits per heavy atom. The second-order valence-corrected chi connectivity index (χ2v) is 5.97. The third-order valence-corrected chi connectivity index (χ3v) is 4.03. The minimum absolute atomic E-state index is 0.125. The molecule has 3 rings (SSSR count). The summed E-state index contributed by atoms with van der Waals surface area (Å²) in [6.07, 6.45) is 2.61. The summed E-state index contributed by atoms with van der Waals surface area (Å²) in [5, 5.41) is 3.94. The number of carbonyl (C=O) groups is 1. The third kappa shape index (κ3) is 3.45. The summed E-state index contributed by atoms with van der Waals surface area (Å²) in [5.74, 6) is 0.723. The van der Waals surface area contributed by atoms with Crippen LogP contribution in [0.3, 0.4) is 0 Å². The molecule has 0 bridgehead atoms. The number of nitrogens with zero attached hydrogens (tertiary/aromatic N) is 1. The Bertz CT molecular complexity index is 581. The highest BCUT2D eigenvalue weighted by Gasteiger charge is 2.16. The molecule has 1 aromatic carbocycles. The Balaban J connectivity index is 1.53. The predicted molar refractivity (Wildman–Crippen MR) is 83.4 cm³/mol. The summed E-state index contributed by atoms with van der Waals surface area (Å²) in [4.78, 5) is 14.6. The van der Waals surface area contributed by atoms with Crippen LogP contribution >= 0.6 is 0 Å². The van der Waals surface area contributed by atoms with Crippen LogP contribution in [0.5, 0.6) is 0 Å². The van der Waals surface area contributed by atoms with Gasteiger partial charge in [-0.1, -0.05) is 25.1 Å². The van der Waals surface area contributed by atoms with Gasteiger partial charge in [-0.15, -0.1) is 0 Å². The van der Waals surface area contributed by atoms with E-state index in [4.69, 9.17) is 4.42 Å². The summed E-state index contributed by atoms with van der Waals surface area (Å²) in [6.45, 7) is 6.31. The average molecular weight is 286 g/mol. The smallest absolute Gasteiger partial charge is 0.287 e. The molecule has 21 heavy (non-hydrogen) atoms. The van der Waals surface area contributed by atoms with E-state index in [1.165, 1.54) is 25.9 Å². The topological polar surface area (TPSA) is 45.5 Å². The maximum Gasteiger partial charge on any atom is 0.287 e. The highest BCUT2D eigenvalue weighted by Crippen LogP contribution is 2.18. The number of nitrogens with one attached hydrogen (secondary N) is 1. The number of carbonyl (C=O) groups excluding carboxylic acids is 1. The summed E-state index contributed by atoms with van der Waals surface area (Å²) >= 11 is 0. The quantitative estimate of drug-likeness (QED) is 0.919. The highest BCUT2D eigenvalue weighted by atomic mass is 16.3. The fourth-order valence-electron chi connectivity index (χ4n) is 2.92. The van der Waals surface area contributed by atoms with Crippen molar-refractivity contribution in [1.29, 1.82) is 0 Å². The molecule has 1 aliphatic rings. The molecule has 2 heterocycles. The van der Waals surface area contributed by atoms with Gasteiger partial charge in [0, 0.05) is 18.5 Å². The van der Waals surface area contributed by atoms with Crippen molar-refractivity contribution >= 4 is 16.9 Å². The molecule has 0 spiro atoms. The first kappa shape index (κ1) is 14.1. The van der Waals surface area contributed by atoms with Crippen LogP contribution < -0.4 is 5.32 Å². The second-order valence-electron chi connectivity index (χ2n) is 5.97. The Labute approximate surface area is 125 Å². The SMILES string of the molecule is CC(CNC(=O)c1cc2ccccc2o1)CN1CCCC1. The molecule has 0 saturated carbocycles. The summed E-state index contributed by atoms with van der Waals surface area (Å²) in [5.41, 5.74) is 0.757. The average Bonchev–Trinajstić information content (AvgIpc) is 3.13. The molecule has 1 unspecified atom stereocenters. The van der Waals surface area contributed by atoms with Crippen molar-refractivity contribution in [2.75, 3.05) is 26.2 Å². The van der Waals surface area contributed by atoms with Gasteiger partial charge in [-0.3, -0.25) is 4.79 Å². The van der Waals surface area contributed by atoms with Gasteiger partial charge in [0.15, 0.2) is 5.76 Å². The van der Waals surface area contributed by atoms with Crippen molar-refractivity contribution in [1.82, 2.24) is 10.2 Å². The van der Waals surface area contributed by atoms with E-state index in [-0.39, 0.29) is 5.91 Å². The fourth-order valence-corrected chi connectivity index (χ4v) is 2.92. The largest absolute Gasteiger partial charge is 0.451 e. The number of para-hydroxylation sites is 1. The van der Waals surface area contributed by atoms with Gasteiger partial charge in [-0.05, 0) is 44.0 Å². The lowest BCUT2D eigenvalue weighted by Gasteiger charge is -2.20. The highest BCUT2D eigenvalue weighted by molar-refractivity contribution is 5.96. The molecule has 1 atom stereocenters. The van der Waals surface area contributed by atoms with E-state index < -0.39 is 0 Å². The van der Waals surface area contributed by atoms with E-state index in [1.807, 2.05) is 24.3 Å². The van der Waals surface area contributed by atoms with E-state index >= 15 is 0 Å². The Morgan fingerprint density at radius 1 is 1.33 bits per heavy atom. The molecular formula is C17H22N2O2. The Kier molecular flexibility index (Phi) is 4.25. The first-order chi connectivity index (χ1) is 10.2.